The van der Waals surface area contributed by atoms with E-state index >= 15 is 0 Å². The number of rotatable bonds is 3. The lowest BCUT2D eigenvalue weighted by atomic mass is 10.1. The number of hydrogen-bond donors (Lipinski definition) is 1. The Morgan fingerprint density at radius 1 is 1.42 bits per heavy atom. The number of nitrogens with one attached hydrogen (secondary N) is 1. The highest BCUT2D eigenvalue weighted by Crippen LogP contribution is 2.13. The molecule has 72 valence electrons. The Hall–Kier alpha value is 0.170. The summed E-state index contributed by atoms with van der Waals surface area (Å²) >= 11 is 0. The van der Waals surface area contributed by atoms with Crippen LogP contribution in [0, 0.1) is 5.92 Å². The van der Waals surface area contributed by atoms with Gasteiger partial charge < -0.3 is 14.8 Å². The Labute approximate surface area is 79.2 Å². The second-order valence-corrected chi connectivity index (χ2v) is 3.34. The fourth-order valence-corrected chi connectivity index (χ4v) is 1.37. The minimum Gasteiger partial charge on any atom is -0.381 e. The first-order valence-electron chi connectivity index (χ1n) is 4.35. The van der Waals surface area contributed by atoms with Crippen molar-refractivity contribution < 1.29 is 9.47 Å². The van der Waals surface area contributed by atoms with E-state index in [1.165, 1.54) is 6.42 Å². The van der Waals surface area contributed by atoms with Crippen LogP contribution in [0.25, 0.3) is 0 Å². The first kappa shape index (κ1) is 10.3. The monoisotopic (exact) mass is 193 g/mol. The van der Waals surface area contributed by atoms with Gasteiger partial charge in [-0.15, -0.1) is 12.4 Å². The molecule has 4 heteroatoms. The summed E-state index contributed by atoms with van der Waals surface area (Å²) in [6.45, 7) is 4.80. The van der Waals surface area contributed by atoms with Crippen molar-refractivity contribution in [1.29, 1.82) is 0 Å². The summed E-state index contributed by atoms with van der Waals surface area (Å²) in [4.78, 5) is 0. The molecule has 0 aromatic heterocycles. The summed E-state index contributed by atoms with van der Waals surface area (Å²) < 4.78 is 10.9. The highest BCUT2D eigenvalue weighted by molar-refractivity contribution is 5.85. The third kappa shape index (κ3) is 2.59. The van der Waals surface area contributed by atoms with Crippen LogP contribution in [0.5, 0.6) is 0 Å². The quantitative estimate of drug-likeness (QED) is 0.706. The van der Waals surface area contributed by atoms with Gasteiger partial charge in [0, 0.05) is 25.6 Å². The van der Waals surface area contributed by atoms with Gasteiger partial charge in [-0.25, -0.2) is 0 Å². The van der Waals surface area contributed by atoms with E-state index in [9.17, 15) is 0 Å². The molecular formula is C8H16ClNO2. The van der Waals surface area contributed by atoms with Crippen LogP contribution < -0.4 is 5.32 Å². The molecule has 0 radical (unpaired) electrons. The highest BCUT2D eigenvalue weighted by Gasteiger charge is 2.21. The molecule has 2 rings (SSSR count). The third-order valence-electron chi connectivity index (χ3n) is 2.34. The van der Waals surface area contributed by atoms with Gasteiger partial charge in [-0.3, -0.25) is 0 Å². The van der Waals surface area contributed by atoms with Crippen molar-refractivity contribution in [3.63, 3.8) is 0 Å². The van der Waals surface area contributed by atoms with Crippen LogP contribution in [0.4, 0.5) is 0 Å². The van der Waals surface area contributed by atoms with E-state index < -0.39 is 0 Å². The zero-order chi connectivity index (χ0) is 7.52. The molecule has 3 nitrogen and oxygen atoms in total. The van der Waals surface area contributed by atoms with Gasteiger partial charge in [-0.2, -0.15) is 0 Å². The van der Waals surface area contributed by atoms with E-state index in [-0.39, 0.29) is 12.4 Å². The summed E-state index contributed by atoms with van der Waals surface area (Å²) in [6.07, 6.45) is 1.66. The molecule has 2 aliphatic rings. The van der Waals surface area contributed by atoms with E-state index in [2.05, 4.69) is 5.32 Å². The molecule has 0 aromatic rings. The molecule has 2 fully saturated rings. The van der Waals surface area contributed by atoms with Gasteiger partial charge in [-0.1, -0.05) is 0 Å². The lowest BCUT2D eigenvalue weighted by Gasteiger charge is -2.28. The molecule has 1 unspecified atom stereocenters. The Morgan fingerprint density at radius 2 is 2.25 bits per heavy atom. The van der Waals surface area contributed by atoms with Crippen LogP contribution in [0.3, 0.4) is 0 Å². The van der Waals surface area contributed by atoms with E-state index in [4.69, 9.17) is 9.47 Å². The molecule has 1 atom stereocenters. The third-order valence-corrected chi connectivity index (χ3v) is 2.34. The number of halogens is 1. The van der Waals surface area contributed by atoms with Crippen molar-refractivity contribution in [2.24, 2.45) is 5.92 Å². The largest absolute Gasteiger partial charge is 0.381 e. The van der Waals surface area contributed by atoms with E-state index in [1.807, 2.05) is 0 Å². The van der Waals surface area contributed by atoms with Crippen molar-refractivity contribution in [2.75, 3.05) is 32.9 Å². The SMILES string of the molecule is C1CC(COC2CNC2)CO1.Cl. The molecule has 0 bridgehead atoms. The Bertz CT molecular complexity index is 124. The van der Waals surface area contributed by atoms with Crippen LogP contribution in [-0.2, 0) is 9.47 Å². The van der Waals surface area contributed by atoms with Crippen molar-refractivity contribution >= 4 is 12.4 Å². The zero-order valence-electron chi connectivity index (χ0n) is 7.12. The maximum atomic E-state index is 5.62. The molecule has 2 aliphatic heterocycles. The topological polar surface area (TPSA) is 30.5 Å². The van der Waals surface area contributed by atoms with Crippen LogP contribution in [0.2, 0.25) is 0 Å². The molecule has 0 amide bonds. The van der Waals surface area contributed by atoms with Gasteiger partial charge in [0.1, 0.15) is 0 Å². The summed E-state index contributed by atoms with van der Waals surface area (Å²) in [5.41, 5.74) is 0. The van der Waals surface area contributed by atoms with Crippen LogP contribution in [0.15, 0.2) is 0 Å². The van der Waals surface area contributed by atoms with Crippen molar-refractivity contribution in [2.45, 2.75) is 12.5 Å². The molecular weight excluding hydrogens is 178 g/mol. The maximum absolute atomic E-state index is 5.62. The second kappa shape index (κ2) is 5.02. The normalized spacial score (nSPS) is 29.5. The Morgan fingerprint density at radius 3 is 2.75 bits per heavy atom. The number of hydrogen-bond acceptors (Lipinski definition) is 3. The molecule has 0 aliphatic carbocycles. The molecule has 1 N–H and O–H groups in total. The van der Waals surface area contributed by atoms with E-state index in [0.29, 0.717) is 12.0 Å². The Balaban J connectivity index is 0.000000720. The predicted octanol–water partition coefficient (Wildman–Crippen LogP) is 0.433. The van der Waals surface area contributed by atoms with Crippen molar-refractivity contribution in [3.05, 3.63) is 0 Å². The second-order valence-electron chi connectivity index (χ2n) is 3.34. The number of ether oxygens (including phenoxy) is 2. The maximum Gasteiger partial charge on any atom is 0.0823 e. The van der Waals surface area contributed by atoms with Gasteiger partial charge in [0.05, 0.1) is 19.3 Å². The summed E-state index contributed by atoms with van der Waals surface area (Å²) in [7, 11) is 0. The van der Waals surface area contributed by atoms with Gasteiger partial charge in [0.15, 0.2) is 0 Å². The summed E-state index contributed by atoms with van der Waals surface area (Å²) in [6, 6.07) is 0. The molecule has 0 aromatic carbocycles. The lowest BCUT2D eigenvalue weighted by Crippen LogP contribution is -2.49. The van der Waals surface area contributed by atoms with Gasteiger partial charge >= 0.3 is 0 Å². The van der Waals surface area contributed by atoms with Crippen molar-refractivity contribution in [1.82, 2.24) is 5.32 Å². The minimum atomic E-state index is 0. The summed E-state index contributed by atoms with van der Waals surface area (Å²) in [5, 5.41) is 3.18. The van der Waals surface area contributed by atoms with Crippen molar-refractivity contribution in [3.8, 4) is 0 Å². The average Bonchev–Trinajstić information content (AvgIpc) is 2.36. The smallest absolute Gasteiger partial charge is 0.0823 e. The Kier molecular flexibility index (Phi) is 4.29. The van der Waals surface area contributed by atoms with E-state index in [0.717, 1.165) is 32.9 Å². The van der Waals surface area contributed by atoms with Crippen LogP contribution in [0.1, 0.15) is 6.42 Å². The fourth-order valence-electron chi connectivity index (χ4n) is 1.37. The lowest BCUT2D eigenvalue weighted by molar-refractivity contribution is -0.00216. The predicted molar refractivity (Wildman–Crippen MR) is 48.8 cm³/mol. The van der Waals surface area contributed by atoms with Crippen LogP contribution in [-0.4, -0.2) is 39.0 Å². The fraction of sp³-hybridized carbons (Fsp3) is 1.00. The minimum absolute atomic E-state index is 0. The first-order valence-corrected chi connectivity index (χ1v) is 4.35. The highest BCUT2D eigenvalue weighted by atomic mass is 35.5. The molecule has 0 spiro atoms. The molecule has 2 saturated heterocycles. The van der Waals surface area contributed by atoms with Gasteiger partial charge in [-0.05, 0) is 6.42 Å². The first-order chi connectivity index (χ1) is 5.45. The van der Waals surface area contributed by atoms with Gasteiger partial charge in [0.25, 0.3) is 0 Å². The molecule has 12 heavy (non-hydrogen) atoms. The van der Waals surface area contributed by atoms with Crippen LogP contribution >= 0.6 is 12.4 Å². The zero-order valence-corrected chi connectivity index (χ0v) is 7.94. The van der Waals surface area contributed by atoms with Gasteiger partial charge in [0.2, 0.25) is 0 Å². The summed E-state index contributed by atoms with van der Waals surface area (Å²) in [5.74, 6) is 0.663. The average molecular weight is 194 g/mol. The van der Waals surface area contributed by atoms with E-state index in [1.54, 1.807) is 0 Å². The molecule has 2 heterocycles. The molecule has 0 saturated carbocycles. The standard InChI is InChI=1S/C8H15NO2.ClH/c1-2-10-5-7(1)6-11-8-3-9-4-8;/h7-9H,1-6H2;1H.